The third-order valence-corrected chi connectivity index (χ3v) is 3.55. The number of hydrogen-bond acceptors (Lipinski definition) is 5. The molecule has 3 rings (SSSR count). The summed E-state index contributed by atoms with van der Waals surface area (Å²) in [5.41, 5.74) is 8.34. The summed E-state index contributed by atoms with van der Waals surface area (Å²) in [5.74, 6) is 2.20. The van der Waals surface area contributed by atoms with E-state index >= 15 is 0 Å². The molecule has 0 aliphatic carbocycles. The number of methoxy groups -OCH3 is 1. The first-order valence-electron chi connectivity index (χ1n) is 7.05. The molecule has 0 saturated carbocycles. The summed E-state index contributed by atoms with van der Waals surface area (Å²) in [4.78, 5) is 4.35. The Morgan fingerprint density at radius 1 is 1.17 bits per heavy atom. The molecule has 2 N–H and O–H groups in total. The van der Waals surface area contributed by atoms with Gasteiger partial charge in [-0.2, -0.15) is 5.26 Å². The number of nitrogens with two attached hydrogens (primary N) is 1. The number of nitrogens with zero attached hydrogens (tertiary/aromatic N) is 2. The van der Waals surface area contributed by atoms with E-state index in [-0.39, 0.29) is 5.82 Å². The number of anilines is 1. The van der Waals surface area contributed by atoms with Gasteiger partial charge in [-0.3, -0.25) is 0 Å². The molecule has 0 atom stereocenters. The summed E-state index contributed by atoms with van der Waals surface area (Å²) in [7, 11) is 1.60. The number of benzene rings is 1. The minimum atomic E-state index is 0.167. The van der Waals surface area contributed by atoms with Gasteiger partial charge < -0.3 is 14.9 Å². The van der Waals surface area contributed by atoms with E-state index in [0.717, 1.165) is 11.3 Å². The highest BCUT2D eigenvalue weighted by Gasteiger charge is 2.17. The number of aryl methyl sites for hydroxylation is 1. The Kier molecular flexibility index (Phi) is 3.73. The lowest BCUT2D eigenvalue weighted by molar-refractivity contribution is 0.416. The summed E-state index contributed by atoms with van der Waals surface area (Å²) in [5, 5.41) is 9.39. The molecule has 2 aromatic heterocycles. The standard InChI is InChI=1S/C18H15N3O2/c1-11-7-8-17(23-11)13-9-15(21-18(20)14(13)10-19)12-5-3-4-6-16(12)22-2/h3-9H,1-2H3,(H2,20,21). The lowest BCUT2D eigenvalue weighted by atomic mass is 10.0. The summed E-state index contributed by atoms with van der Waals surface area (Å²) >= 11 is 0. The number of hydrogen-bond donors (Lipinski definition) is 1. The monoisotopic (exact) mass is 305 g/mol. The van der Waals surface area contributed by atoms with Crippen LogP contribution in [-0.2, 0) is 0 Å². The van der Waals surface area contributed by atoms with E-state index in [1.807, 2.05) is 43.3 Å². The molecule has 0 amide bonds. The van der Waals surface area contributed by atoms with Crippen LogP contribution in [0, 0.1) is 18.3 Å². The average molecular weight is 305 g/mol. The molecule has 3 aromatic rings. The Balaban J connectivity index is 2.25. The van der Waals surface area contributed by atoms with Crippen LogP contribution < -0.4 is 10.5 Å². The van der Waals surface area contributed by atoms with Gasteiger partial charge in [0, 0.05) is 11.1 Å². The van der Waals surface area contributed by atoms with Crippen LogP contribution in [0.4, 0.5) is 5.82 Å². The second-order valence-corrected chi connectivity index (χ2v) is 5.04. The second kappa shape index (κ2) is 5.85. The van der Waals surface area contributed by atoms with E-state index in [1.54, 1.807) is 13.2 Å². The first-order chi connectivity index (χ1) is 11.1. The van der Waals surface area contributed by atoms with E-state index in [1.165, 1.54) is 0 Å². The fraction of sp³-hybridized carbons (Fsp3) is 0.111. The van der Waals surface area contributed by atoms with E-state index in [4.69, 9.17) is 14.9 Å². The maximum Gasteiger partial charge on any atom is 0.142 e. The molecule has 1 aromatic carbocycles. The predicted octanol–water partition coefficient (Wildman–Crippen LogP) is 3.78. The Bertz CT molecular complexity index is 907. The van der Waals surface area contributed by atoms with Gasteiger partial charge in [-0.1, -0.05) is 12.1 Å². The SMILES string of the molecule is COc1ccccc1-c1cc(-c2ccc(C)o2)c(C#N)c(N)n1. The van der Waals surface area contributed by atoms with Crippen molar-refractivity contribution in [2.75, 3.05) is 12.8 Å². The van der Waals surface area contributed by atoms with Crippen LogP contribution in [0.5, 0.6) is 5.75 Å². The van der Waals surface area contributed by atoms with Gasteiger partial charge >= 0.3 is 0 Å². The highest BCUT2D eigenvalue weighted by atomic mass is 16.5. The molecular formula is C18H15N3O2. The minimum Gasteiger partial charge on any atom is -0.496 e. The van der Waals surface area contributed by atoms with Crippen molar-refractivity contribution in [2.45, 2.75) is 6.92 Å². The van der Waals surface area contributed by atoms with Gasteiger partial charge in [0.2, 0.25) is 0 Å². The quantitative estimate of drug-likeness (QED) is 0.796. The van der Waals surface area contributed by atoms with Crippen LogP contribution in [0.15, 0.2) is 46.9 Å². The van der Waals surface area contributed by atoms with Crippen molar-refractivity contribution in [1.82, 2.24) is 4.98 Å². The highest BCUT2D eigenvalue weighted by Crippen LogP contribution is 2.35. The molecule has 0 radical (unpaired) electrons. The molecule has 2 heterocycles. The van der Waals surface area contributed by atoms with Gasteiger partial charge in [-0.05, 0) is 37.3 Å². The Hall–Kier alpha value is -3.26. The van der Waals surface area contributed by atoms with Crippen molar-refractivity contribution in [3.05, 3.63) is 53.8 Å². The highest BCUT2D eigenvalue weighted by molar-refractivity contribution is 5.79. The molecule has 5 heteroatoms. The maximum atomic E-state index is 9.39. The summed E-state index contributed by atoms with van der Waals surface area (Å²) in [6.07, 6.45) is 0. The minimum absolute atomic E-state index is 0.167. The molecule has 0 saturated heterocycles. The van der Waals surface area contributed by atoms with E-state index in [0.29, 0.717) is 28.3 Å². The molecule has 0 aliphatic rings. The number of furan rings is 1. The summed E-state index contributed by atoms with van der Waals surface area (Å²) in [6, 6.07) is 15.1. The van der Waals surface area contributed by atoms with Crippen molar-refractivity contribution in [3.8, 4) is 34.4 Å². The zero-order valence-electron chi connectivity index (χ0n) is 12.8. The Morgan fingerprint density at radius 2 is 1.96 bits per heavy atom. The molecule has 0 unspecified atom stereocenters. The lowest BCUT2D eigenvalue weighted by Gasteiger charge is -2.11. The van der Waals surface area contributed by atoms with Gasteiger partial charge in [0.1, 0.15) is 34.7 Å². The zero-order valence-corrected chi connectivity index (χ0v) is 12.8. The first kappa shape index (κ1) is 14.7. The molecule has 114 valence electrons. The maximum absolute atomic E-state index is 9.39. The molecular weight excluding hydrogens is 290 g/mol. The van der Waals surface area contributed by atoms with Crippen molar-refractivity contribution >= 4 is 5.82 Å². The van der Waals surface area contributed by atoms with Crippen LogP contribution in [0.25, 0.3) is 22.6 Å². The fourth-order valence-electron chi connectivity index (χ4n) is 2.45. The number of ether oxygens (including phenoxy) is 1. The Morgan fingerprint density at radius 3 is 2.61 bits per heavy atom. The molecule has 5 nitrogen and oxygen atoms in total. The van der Waals surface area contributed by atoms with Gasteiger partial charge in [-0.25, -0.2) is 4.98 Å². The number of pyridine rings is 1. The summed E-state index contributed by atoms with van der Waals surface area (Å²) in [6.45, 7) is 1.85. The van der Waals surface area contributed by atoms with Gasteiger partial charge in [0.05, 0.1) is 12.8 Å². The fourth-order valence-corrected chi connectivity index (χ4v) is 2.45. The van der Waals surface area contributed by atoms with Crippen LogP contribution in [0.3, 0.4) is 0 Å². The van der Waals surface area contributed by atoms with Gasteiger partial charge in [0.15, 0.2) is 0 Å². The number of nitriles is 1. The van der Waals surface area contributed by atoms with E-state index < -0.39 is 0 Å². The normalized spacial score (nSPS) is 10.3. The number of aromatic nitrogens is 1. The van der Waals surface area contributed by atoms with Crippen LogP contribution >= 0.6 is 0 Å². The molecule has 0 aliphatic heterocycles. The second-order valence-electron chi connectivity index (χ2n) is 5.04. The number of nitrogen functional groups attached to an aromatic ring is 1. The summed E-state index contributed by atoms with van der Waals surface area (Å²) < 4.78 is 11.0. The van der Waals surface area contributed by atoms with Crippen molar-refractivity contribution in [3.63, 3.8) is 0 Å². The number of rotatable bonds is 3. The Labute approximate surface area is 134 Å². The van der Waals surface area contributed by atoms with Crippen LogP contribution in [0.1, 0.15) is 11.3 Å². The van der Waals surface area contributed by atoms with E-state index in [9.17, 15) is 5.26 Å². The molecule has 0 spiro atoms. The van der Waals surface area contributed by atoms with Crippen LogP contribution in [0.2, 0.25) is 0 Å². The van der Waals surface area contributed by atoms with E-state index in [2.05, 4.69) is 11.1 Å². The first-order valence-corrected chi connectivity index (χ1v) is 7.05. The van der Waals surface area contributed by atoms with Crippen molar-refractivity contribution in [1.29, 1.82) is 5.26 Å². The van der Waals surface area contributed by atoms with Crippen LogP contribution in [-0.4, -0.2) is 12.1 Å². The van der Waals surface area contributed by atoms with Gasteiger partial charge in [-0.15, -0.1) is 0 Å². The molecule has 0 bridgehead atoms. The van der Waals surface area contributed by atoms with Crippen molar-refractivity contribution in [2.24, 2.45) is 0 Å². The lowest BCUT2D eigenvalue weighted by Crippen LogP contribution is -2.00. The third kappa shape index (κ3) is 2.62. The van der Waals surface area contributed by atoms with Gasteiger partial charge in [0.25, 0.3) is 0 Å². The molecule has 23 heavy (non-hydrogen) atoms. The number of para-hydroxylation sites is 1. The topological polar surface area (TPSA) is 85.1 Å². The smallest absolute Gasteiger partial charge is 0.142 e. The predicted molar refractivity (Wildman–Crippen MR) is 87.8 cm³/mol. The third-order valence-electron chi connectivity index (χ3n) is 3.55. The largest absolute Gasteiger partial charge is 0.496 e. The van der Waals surface area contributed by atoms with Crippen molar-refractivity contribution < 1.29 is 9.15 Å². The average Bonchev–Trinajstić information content (AvgIpc) is 3.00. The zero-order chi connectivity index (χ0) is 16.4. The molecule has 0 fully saturated rings.